The van der Waals surface area contributed by atoms with Crippen molar-refractivity contribution in [3.8, 4) is 28.4 Å². The first-order chi connectivity index (χ1) is 17.1. The maximum atomic E-state index is 15.5. The fourth-order valence-corrected chi connectivity index (χ4v) is 4.64. The molecule has 4 heterocycles. The van der Waals surface area contributed by atoms with E-state index in [-0.39, 0.29) is 11.3 Å². The minimum atomic E-state index is -0.404. The zero-order valence-corrected chi connectivity index (χ0v) is 19.0. The lowest BCUT2D eigenvalue weighted by Crippen LogP contribution is -2.20. The highest BCUT2D eigenvalue weighted by atomic mass is 19.1. The Morgan fingerprint density at radius 2 is 2.00 bits per heavy atom. The van der Waals surface area contributed by atoms with Crippen molar-refractivity contribution in [1.82, 2.24) is 40.5 Å². The van der Waals surface area contributed by atoms with E-state index in [2.05, 4.69) is 46.6 Å². The van der Waals surface area contributed by atoms with Crippen LogP contribution in [0.4, 0.5) is 4.39 Å². The molecular formula is C25H23FN8O. The SMILES string of the molecule is CCc1cc(O)ccc1-c1ccc2c(-c3ncc(C4=CCN(Cc5cn[nH]n5)C4)[nH]3)[nH]nc2c1F. The Hall–Kier alpha value is -4.31. The van der Waals surface area contributed by atoms with Crippen molar-refractivity contribution in [2.45, 2.75) is 19.9 Å². The highest BCUT2D eigenvalue weighted by molar-refractivity contribution is 5.95. The molecule has 0 fully saturated rings. The zero-order valence-electron chi connectivity index (χ0n) is 19.0. The minimum Gasteiger partial charge on any atom is -0.508 e. The van der Waals surface area contributed by atoms with E-state index in [0.29, 0.717) is 35.4 Å². The number of hydrogen-bond acceptors (Lipinski definition) is 6. The molecule has 1 aliphatic rings. The van der Waals surface area contributed by atoms with Gasteiger partial charge in [0.2, 0.25) is 0 Å². The number of aryl methyl sites for hydroxylation is 1. The summed E-state index contributed by atoms with van der Waals surface area (Å²) >= 11 is 0. The second-order valence-electron chi connectivity index (χ2n) is 8.62. The van der Waals surface area contributed by atoms with Gasteiger partial charge in [-0.3, -0.25) is 10.00 Å². The number of H-pyrrole nitrogens is 3. The van der Waals surface area contributed by atoms with Gasteiger partial charge in [-0.2, -0.15) is 20.5 Å². The molecule has 176 valence electrons. The number of nitrogens with one attached hydrogen (secondary N) is 3. The average molecular weight is 471 g/mol. The molecule has 3 aromatic heterocycles. The van der Waals surface area contributed by atoms with E-state index < -0.39 is 5.82 Å². The number of rotatable bonds is 6. The van der Waals surface area contributed by atoms with Crippen LogP contribution >= 0.6 is 0 Å². The Balaban J connectivity index is 1.28. The van der Waals surface area contributed by atoms with Crippen LogP contribution in [0.15, 0.2) is 48.8 Å². The Kier molecular flexibility index (Phi) is 5.14. The summed E-state index contributed by atoms with van der Waals surface area (Å²) < 4.78 is 15.5. The van der Waals surface area contributed by atoms with Gasteiger partial charge in [0.25, 0.3) is 0 Å². The average Bonchev–Trinajstić information content (AvgIpc) is 3.66. The number of aromatic hydroxyl groups is 1. The van der Waals surface area contributed by atoms with Crippen LogP contribution < -0.4 is 0 Å². The van der Waals surface area contributed by atoms with Gasteiger partial charge < -0.3 is 10.1 Å². The lowest BCUT2D eigenvalue weighted by molar-refractivity contribution is 0.343. The van der Waals surface area contributed by atoms with Crippen LogP contribution in [0.25, 0.3) is 39.1 Å². The number of benzene rings is 2. The molecule has 10 heteroatoms. The topological polar surface area (TPSA) is 122 Å². The van der Waals surface area contributed by atoms with Crippen molar-refractivity contribution in [2.75, 3.05) is 13.1 Å². The molecule has 0 saturated carbocycles. The first-order valence-corrected chi connectivity index (χ1v) is 11.4. The summed E-state index contributed by atoms with van der Waals surface area (Å²) in [7, 11) is 0. The monoisotopic (exact) mass is 470 g/mol. The van der Waals surface area contributed by atoms with Crippen LogP contribution in [-0.2, 0) is 13.0 Å². The van der Waals surface area contributed by atoms with Crippen LogP contribution in [0.5, 0.6) is 5.75 Å². The summed E-state index contributed by atoms with van der Waals surface area (Å²) in [4.78, 5) is 10.1. The van der Waals surface area contributed by atoms with E-state index in [0.717, 1.165) is 41.2 Å². The molecule has 0 bridgehead atoms. The predicted molar refractivity (Wildman–Crippen MR) is 130 cm³/mol. The summed E-state index contributed by atoms with van der Waals surface area (Å²) in [5, 5.41) is 28.3. The summed E-state index contributed by atoms with van der Waals surface area (Å²) in [5.41, 5.74) is 5.92. The minimum absolute atomic E-state index is 0.168. The lowest BCUT2D eigenvalue weighted by Gasteiger charge is -2.13. The maximum absolute atomic E-state index is 15.5. The highest BCUT2D eigenvalue weighted by Crippen LogP contribution is 2.35. The molecular weight excluding hydrogens is 447 g/mol. The number of aromatic nitrogens is 7. The van der Waals surface area contributed by atoms with Crippen LogP contribution in [0, 0.1) is 5.82 Å². The molecule has 1 aliphatic heterocycles. The van der Waals surface area contributed by atoms with Gasteiger partial charge in [0, 0.05) is 30.6 Å². The van der Waals surface area contributed by atoms with Crippen LogP contribution in [0.3, 0.4) is 0 Å². The highest BCUT2D eigenvalue weighted by Gasteiger charge is 2.21. The number of aromatic amines is 3. The van der Waals surface area contributed by atoms with Crippen molar-refractivity contribution < 1.29 is 9.50 Å². The smallest absolute Gasteiger partial charge is 0.159 e. The van der Waals surface area contributed by atoms with Gasteiger partial charge in [0.05, 0.1) is 23.8 Å². The Bertz CT molecular complexity index is 1550. The van der Waals surface area contributed by atoms with Crippen LogP contribution in [0.2, 0.25) is 0 Å². The molecule has 0 saturated heterocycles. The second kappa shape index (κ2) is 8.48. The lowest BCUT2D eigenvalue weighted by atomic mass is 9.96. The third-order valence-corrected chi connectivity index (χ3v) is 6.42. The number of nitrogens with zero attached hydrogens (tertiary/aromatic N) is 5. The summed E-state index contributed by atoms with van der Waals surface area (Å²) in [6.07, 6.45) is 6.36. The Labute approximate surface area is 199 Å². The number of phenols is 1. The normalized spacial score (nSPS) is 14.2. The summed E-state index contributed by atoms with van der Waals surface area (Å²) in [6, 6.07) is 8.60. The first kappa shape index (κ1) is 21.2. The summed E-state index contributed by atoms with van der Waals surface area (Å²) in [5.74, 6) is 0.366. The number of hydrogen-bond donors (Lipinski definition) is 4. The van der Waals surface area contributed by atoms with Gasteiger partial charge in [-0.1, -0.05) is 25.1 Å². The number of imidazole rings is 1. The Morgan fingerprint density at radius 3 is 2.83 bits per heavy atom. The number of halogens is 1. The molecule has 0 radical (unpaired) electrons. The van der Waals surface area contributed by atoms with Crippen molar-refractivity contribution in [2.24, 2.45) is 0 Å². The fourth-order valence-electron chi connectivity index (χ4n) is 4.64. The molecule has 0 aliphatic carbocycles. The van der Waals surface area contributed by atoms with Gasteiger partial charge in [-0.15, -0.1) is 0 Å². The molecule has 0 atom stereocenters. The molecule has 4 N–H and O–H groups in total. The fraction of sp³-hybridized carbons (Fsp3) is 0.200. The summed E-state index contributed by atoms with van der Waals surface area (Å²) in [6.45, 7) is 4.27. The van der Waals surface area contributed by atoms with Crippen molar-refractivity contribution >= 4 is 16.5 Å². The molecule has 0 spiro atoms. The molecule has 6 rings (SSSR count). The maximum Gasteiger partial charge on any atom is 0.159 e. The van der Waals surface area contributed by atoms with Gasteiger partial charge in [0.15, 0.2) is 11.6 Å². The van der Waals surface area contributed by atoms with Crippen molar-refractivity contribution in [3.63, 3.8) is 0 Å². The van der Waals surface area contributed by atoms with E-state index in [4.69, 9.17) is 0 Å². The van der Waals surface area contributed by atoms with Crippen LogP contribution in [-0.4, -0.2) is 58.7 Å². The van der Waals surface area contributed by atoms with Gasteiger partial charge in [-0.05, 0) is 41.3 Å². The van der Waals surface area contributed by atoms with E-state index in [1.807, 2.05) is 13.0 Å². The molecule has 0 amide bonds. The van der Waals surface area contributed by atoms with Crippen LogP contribution in [0.1, 0.15) is 23.9 Å². The van der Waals surface area contributed by atoms with E-state index in [9.17, 15) is 5.11 Å². The second-order valence-corrected chi connectivity index (χ2v) is 8.62. The van der Waals surface area contributed by atoms with E-state index in [1.54, 1.807) is 36.7 Å². The van der Waals surface area contributed by atoms with Gasteiger partial charge in [-0.25, -0.2) is 9.37 Å². The van der Waals surface area contributed by atoms with Gasteiger partial charge >= 0.3 is 0 Å². The number of phenolic OH excluding ortho intramolecular Hbond substituents is 1. The molecule has 35 heavy (non-hydrogen) atoms. The van der Waals surface area contributed by atoms with E-state index >= 15 is 4.39 Å². The van der Waals surface area contributed by atoms with Crippen molar-refractivity contribution in [3.05, 3.63) is 71.6 Å². The first-order valence-electron chi connectivity index (χ1n) is 11.4. The quantitative estimate of drug-likeness (QED) is 0.297. The largest absolute Gasteiger partial charge is 0.508 e. The van der Waals surface area contributed by atoms with E-state index in [1.165, 1.54) is 0 Å². The molecule has 5 aromatic rings. The molecule has 0 unspecified atom stereocenters. The molecule has 9 nitrogen and oxygen atoms in total. The molecule has 2 aromatic carbocycles. The third-order valence-electron chi connectivity index (χ3n) is 6.42. The number of fused-ring (bicyclic) bond motifs is 1. The zero-order chi connectivity index (χ0) is 23.9. The predicted octanol–water partition coefficient (Wildman–Crippen LogP) is 4.04. The van der Waals surface area contributed by atoms with Crippen molar-refractivity contribution in [1.29, 1.82) is 0 Å². The third kappa shape index (κ3) is 3.77. The van der Waals surface area contributed by atoms with Gasteiger partial charge in [0.1, 0.15) is 17.0 Å². The Morgan fingerprint density at radius 1 is 1.11 bits per heavy atom. The standard InChI is InChI=1S/C25H23FN8O/c1-2-14-9-17(35)3-4-18(14)19-5-6-20-23(22(19)26)31-32-24(20)25-27-11-21(29-25)15-7-8-34(12-15)13-16-10-28-33-30-16/h3-7,9-11,35H,2,8,12-13H2,1H3,(H,27,29)(H,31,32)(H,28,30,33).